The van der Waals surface area contributed by atoms with Crippen LogP contribution in [0.3, 0.4) is 0 Å². The fraction of sp³-hybridized carbons (Fsp3) is 0.276. The smallest absolute Gasteiger partial charge is 0.234 e. The molecule has 3 aromatic rings. The predicted molar refractivity (Wildman–Crippen MR) is 160 cm³/mol. The van der Waals surface area contributed by atoms with Gasteiger partial charge >= 0.3 is 0 Å². The van der Waals surface area contributed by atoms with Gasteiger partial charge < -0.3 is 25.3 Å². The summed E-state index contributed by atoms with van der Waals surface area (Å²) in [5.41, 5.74) is 9.37. The van der Waals surface area contributed by atoms with Crippen molar-refractivity contribution in [2.75, 3.05) is 37.3 Å². The van der Waals surface area contributed by atoms with Crippen LogP contribution >= 0.6 is 23.1 Å². The molecular formula is C29H28N6O5S2. The van der Waals surface area contributed by atoms with Gasteiger partial charge in [-0.2, -0.15) is 5.26 Å². The summed E-state index contributed by atoms with van der Waals surface area (Å²) in [4.78, 5) is 27.6. The first-order chi connectivity index (χ1) is 20.4. The summed E-state index contributed by atoms with van der Waals surface area (Å²) >= 11 is 2.47. The Labute approximate surface area is 251 Å². The molecule has 1 aliphatic heterocycles. The second kappa shape index (κ2) is 12.5. The van der Waals surface area contributed by atoms with Crippen LogP contribution in [0.1, 0.15) is 30.7 Å². The molecule has 0 bridgehead atoms. The number of allylic oxidation sites excluding steroid dienone is 3. The summed E-state index contributed by atoms with van der Waals surface area (Å²) in [5, 5.41) is 22.1. The van der Waals surface area contributed by atoms with Crippen LogP contribution in [0, 0.1) is 11.3 Å². The number of nitrogens with two attached hydrogens (primary N) is 1. The van der Waals surface area contributed by atoms with Gasteiger partial charge in [-0.1, -0.05) is 29.2 Å². The van der Waals surface area contributed by atoms with E-state index in [1.807, 2.05) is 0 Å². The zero-order valence-corrected chi connectivity index (χ0v) is 24.8. The topological polar surface area (TPSA) is 153 Å². The normalized spacial score (nSPS) is 16.6. The van der Waals surface area contributed by atoms with Gasteiger partial charge in [0, 0.05) is 35.0 Å². The molecule has 5 rings (SSSR count). The summed E-state index contributed by atoms with van der Waals surface area (Å²) in [7, 11) is 4.66. The number of aromatic nitrogens is 2. The fourth-order valence-electron chi connectivity index (χ4n) is 5.02. The maximum absolute atomic E-state index is 13.4. The number of carbonyl (C=O) groups is 2. The van der Waals surface area contributed by atoms with E-state index in [-0.39, 0.29) is 28.8 Å². The Bertz CT molecular complexity index is 1630. The van der Waals surface area contributed by atoms with Crippen molar-refractivity contribution >= 4 is 45.6 Å². The quantitative estimate of drug-likeness (QED) is 0.330. The number of methoxy groups -OCH3 is 3. The molecule has 2 heterocycles. The first kappa shape index (κ1) is 29.0. The summed E-state index contributed by atoms with van der Waals surface area (Å²) in [6.07, 6.45) is 1.57. The van der Waals surface area contributed by atoms with Crippen molar-refractivity contribution in [1.82, 2.24) is 10.2 Å². The van der Waals surface area contributed by atoms with Gasteiger partial charge in [0.25, 0.3) is 0 Å². The van der Waals surface area contributed by atoms with Crippen LogP contribution in [0.2, 0.25) is 0 Å². The van der Waals surface area contributed by atoms with Crippen molar-refractivity contribution in [3.63, 3.8) is 0 Å². The van der Waals surface area contributed by atoms with Crippen LogP contribution in [-0.2, 0) is 9.59 Å². The molecular weight excluding hydrogens is 576 g/mol. The molecule has 2 aromatic carbocycles. The number of amides is 1. The second-order valence-corrected chi connectivity index (χ2v) is 11.5. The summed E-state index contributed by atoms with van der Waals surface area (Å²) in [6, 6.07) is 14.6. The van der Waals surface area contributed by atoms with Gasteiger partial charge in [0.05, 0.1) is 44.6 Å². The maximum Gasteiger partial charge on any atom is 0.234 e. The molecule has 3 N–H and O–H groups in total. The number of nitrogens with zero attached hydrogens (tertiary/aromatic N) is 4. The Morgan fingerprint density at radius 2 is 1.86 bits per heavy atom. The highest BCUT2D eigenvalue weighted by Crippen LogP contribution is 2.49. The number of benzene rings is 2. The van der Waals surface area contributed by atoms with Crippen LogP contribution < -0.4 is 30.2 Å². The number of carbonyl (C=O) groups excluding carboxylic acids is 2. The van der Waals surface area contributed by atoms with E-state index in [2.05, 4.69) is 21.6 Å². The highest BCUT2D eigenvalue weighted by Gasteiger charge is 2.42. The van der Waals surface area contributed by atoms with E-state index in [1.54, 1.807) is 61.6 Å². The average Bonchev–Trinajstić information content (AvgIpc) is 3.48. The molecule has 0 fully saturated rings. The van der Waals surface area contributed by atoms with Crippen molar-refractivity contribution in [2.45, 2.75) is 29.5 Å². The lowest BCUT2D eigenvalue weighted by molar-refractivity contribution is -0.116. The Hall–Kier alpha value is -4.54. The summed E-state index contributed by atoms with van der Waals surface area (Å²) < 4.78 is 16.7. The molecule has 1 amide bonds. The number of anilines is 2. The van der Waals surface area contributed by atoms with Crippen molar-refractivity contribution in [3.05, 3.63) is 70.7 Å². The number of rotatable bonds is 9. The van der Waals surface area contributed by atoms with Gasteiger partial charge in [-0.15, -0.1) is 10.2 Å². The Balaban J connectivity index is 1.43. The fourth-order valence-corrected chi connectivity index (χ4v) is 6.70. The third-order valence-corrected chi connectivity index (χ3v) is 8.99. The van der Waals surface area contributed by atoms with Gasteiger partial charge in [0.2, 0.25) is 11.0 Å². The van der Waals surface area contributed by atoms with E-state index >= 15 is 0 Å². The van der Waals surface area contributed by atoms with Gasteiger partial charge in [0.1, 0.15) is 23.1 Å². The van der Waals surface area contributed by atoms with Crippen LogP contribution in [-0.4, -0.2) is 49.0 Å². The third kappa shape index (κ3) is 5.63. The molecule has 1 atom stereocenters. The Morgan fingerprint density at radius 3 is 2.55 bits per heavy atom. The molecule has 1 aliphatic carbocycles. The number of nitriles is 1. The lowest BCUT2D eigenvalue weighted by atomic mass is 9.75. The number of hydrogen-bond acceptors (Lipinski definition) is 12. The van der Waals surface area contributed by atoms with E-state index in [0.29, 0.717) is 68.5 Å². The Morgan fingerprint density at radius 1 is 1.12 bits per heavy atom. The minimum atomic E-state index is -0.696. The van der Waals surface area contributed by atoms with Crippen molar-refractivity contribution in [1.29, 1.82) is 5.26 Å². The molecule has 13 heteroatoms. The van der Waals surface area contributed by atoms with Crippen LogP contribution in [0.25, 0.3) is 0 Å². The minimum Gasteiger partial charge on any atom is -0.497 e. The molecule has 11 nitrogen and oxygen atoms in total. The zero-order valence-electron chi connectivity index (χ0n) is 23.2. The number of nitrogens with one attached hydrogen (secondary N) is 1. The number of thioether (sulfide) groups is 1. The minimum absolute atomic E-state index is 0.0568. The SMILES string of the molecule is COc1ccc(NC(=O)CSc2nnc(N3C(N)=C(C#N)C(c4ccc(OC)cc4OC)C4=C3CCCC4=O)s2)cc1. The van der Waals surface area contributed by atoms with E-state index in [1.165, 1.54) is 30.2 Å². The molecule has 216 valence electrons. The lowest BCUT2D eigenvalue weighted by Crippen LogP contribution is -2.38. The van der Waals surface area contributed by atoms with Crippen LogP contribution in [0.4, 0.5) is 10.8 Å². The zero-order chi connectivity index (χ0) is 29.8. The van der Waals surface area contributed by atoms with E-state index in [4.69, 9.17) is 19.9 Å². The van der Waals surface area contributed by atoms with Crippen LogP contribution in [0.15, 0.2) is 69.5 Å². The standard InChI is InChI=1S/C29H28N6O5S2/c1-38-17-9-7-16(8-10-17)32-24(37)15-41-29-34-33-28(42-29)35-21-5-4-6-22(36)26(21)25(20(14-30)27(35)31)19-12-11-18(39-2)13-23(19)40-3/h7-13,25H,4-6,15,31H2,1-3H3,(H,32,37). The molecule has 0 saturated carbocycles. The van der Waals surface area contributed by atoms with Gasteiger partial charge in [-0.25, -0.2) is 0 Å². The van der Waals surface area contributed by atoms with Crippen molar-refractivity contribution in [3.8, 4) is 23.3 Å². The predicted octanol–water partition coefficient (Wildman–Crippen LogP) is 4.60. The van der Waals surface area contributed by atoms with Crippen molar-refractivity contribution < 1.29 is 23.8 Å². The number of Topliss-reactive ketones (excluding diaryl/α,β-unsaturated/α-hetero) is 1. The largest absolute Gasteiger partial charge is 0.497 e. The molecule has 42 heavy (non-hydrogen) atoms. The first-order valence-corrected chi connectivity index (χ1v) is 14.8. The molecule has 1 aromatic heterocycles. The number of ether oxygens (including phenoxy) is 3. The molecule has 0 radical (unpaired) electrons. The van der Waals surface area contributed by atoms with Crippen LogP contribution in [0.5, 0.6) is 17.2 Å². The molecule has 2 aliphatic rings. The number of ketones is 1. The molecule has 0 spiro atoms. The highest BCUT2D eigenvalue weighted by atomic mass is 32.2. The van der Waals surface area contributed by atoms with Gasteiger partial charge in [-0.05, 0) is 43.2 Å². The summed E-state index contributed by atoms with van der Waals surface area (Å²) in [6.45, 7) is 0. The van der Waals surface area contributed by atoms with E-state index in [9.17, 15) is 14.9 Å². The highest BCUT2D eigenvalue weighted by molar-refractivity contribution is 8.01. The summed E-state index contributed by atoms with van der Waals surface area (Å²) in [5.74, 6) is 1.11. The van der Waals surface area contributed by atoms with Crippen molar-refractivity contribution in [2.24, 2.45) is 5.73 Å². The Kier molecular flexibility index (Phi) is 8.65. The van der Waals surface area contributed by atoms with Gasteiger partial charge in [-0.3, -0.25) is 14.5 Å². The molecule has 1 unspecified atom stereocenters. The second-order valence-electron chi connectivity index (χ2n) is 9.34. The average molecular weight is 605 g/mol. The van der Waals surface area contributed by atoms with E-state index < -0.39 is 5.92 Å². The maximum atomic E-state index is 13.4. The number of hydrogen-bond donors (Lipinski definition) is 2. The molecule has 0 saturated heterocycles. The first-order valence-electron chi connectivity index (χ1n) is 13.0. The third-order valence-electron chi connectivity index (χ3n) is 6.95. The monoisotopic (exact) mass is 604 g/mol. The van der Waals surface area contributed by atoms with E-state index in [0.717, 1.165) is 0 Å². The lowest BCUT2D eigenvalue weighted by Gasteiger charge is -2.38. The van der Waals surface area contributed by atoms with Gasteiger partial charge in [0.15, 0.2) is 10.1 Å².